The molecule has 1 aromatic carbocycles. The van der Waals surface area contributed by atoms with Crippen molar-refractivity contribution >= 4 is 11.8 Å². The lowest BCUT2D eigenvalue weighted by Crippen LogP contribution is -2.39. The largest absolute Gasteiger partial charge is 0.483 e. The maximum Gasteiger partial charge on any atom is 0.260 e. The van der Waals surface area contributed by atoms with Gasteiger partial charge in [-0.25, -0.2) is 0 Å². The summed E-state index contributed by atoms with van der Waals surface area (Å²) in [5.74, 6) is 0.504. The molecule has 0 aromatic heterocycles. The molecule has 0 saturated carbocycles. The van der Waals surface area contributed by atoms with E-state index in [1.807, 2.05) is 37.3 Å². The fraction of sp³-hybridized carbons (Fsp3) is 0.500. The summed E-state index contributed by atoms with van der Waals surface area (Å²) < 4.78 is 5.68. The SMILES string of the molecule is CCc1ccccc1OCC(=O)N1CCCN(C(=O)CC#N)CC1. The Labute approximate surface area is 142 Å². The van der Waals surface area contributed by atoms with Crippen LogP contribution < -0.4 is 4.74 Å². The Hall–Kier alpha value is -2.55. The van der Waals surface area contributed by atoms with Gasteiger partial charge in [-0.05, 0) is 24.5 Å². The van der Waals surface area contributed by atoms with Crippen molar-refractivity contribution in [2.45, 2.75) is 26.2 Å². The van der Waals surface area contributed by atoms with Gasteiger partial charge in [0.25, 0.3) is 5.91 Å². The van der Waals surface area contributed by atoms with Crippen LogP contribution in [0, 0.1) is 11.3 Å². The van der Waals surface area contributed by atoms with Crippen molar-refractivity contribution in [1.29, 1.82) is 5.26 Å². The lowest BCUT2D eigenvalue weighted by molar-refractivity contribution is -0.134. The van der Waals surface area contributed by atoms with Crippen LogP contribution in [0.1, 0.15) is 25.3 Å². The van der Waals surface area contributed by atoms with Crippen LogP contribution in [-0.4, -0.2) is 54.4 Å². The van der Waals surface area contributed by atoms with Gasteiger partial charge in [0.2, 0.25) is 5.91 Å². The number of carbonyl (C=O) groups is 2. The molecule has 1 aromatic rings. The normalized spacial score (nSPS) is 14.7. The van der Waals surface area contributed by atoms with Gasteiger partial charge in [0, 0.05) is 26.2 Å². The third-order valence-corrected chi connectivity index (χ3v) is 4.14. The van der Waals surface area contributed by atoms with Gasteiger partial charge in [-0.3, -0.25) is 9.59 Å². The minimum absolute atomic E-state index is 0.00313. The summed E-state index contributed by atoms with van der Waals surface area (Å²) in [5, 5.41) is 8.62. The van der Waals surface area contributed by atoms with E-state index < -0.39 is 0 Å². The summed E-state index contributed by atoms with van der Waals surface area (Å²) in [6.07, 6.45) is 1.46. The van der Waals surface area contributed by atoms with Gasteiger partial charge in [-0.2, -0.15) is 5.26 Å². The zero-order valence-corrected chi connectivity index (χ0v) is 14.0. The van der Waals surface area contributed by atoms with Crippen molar-refractivity contribution in [3.05, 3.63) is 29.8 Å². The van der Waals surface area contributed by atoms with Crippen molar-refractivity contribution in [2.24, 2.45) is 0 Å². The number of hydrogen-bond acceptors (Lipinski definition) is 4. The number of nitriles is 1. The molecule has 1 aliphatic heterocycles. The number of para-hydroxylation sites is 1. The summed E-state index contributed by atoms with van der Waals surface area (Å²) in [6, 6.07) is 9.58. The van der Waals surface area contributed by atoms with Crippen LogP contribution in [0.3, 0.4) is 0 Å². The Morgan fingerprint density at radius 1 is 1.12 bits per heavy atom. The molecule has 0 aliphatic carbocycles. The van der Waals surface area contributed by atoms with E-state index in [-0.39, 0.29) is 24.8 Å². The van der Waals surface area contributed by atoms with Crippen LogP contribution in [-0.2, 0) is 16.0 Å². The molecule has 0 atom stereocenters. The van der Waals surface area contributed by atoms with Crippen molar-refractivity contribution in [1.82, 2.24) is 9.80 Å². The highest BCUT2D eigenvalue weighted by atomic mass is 16.5. The van der Waals surface area contributed by atoms with Crippen molar-refractivity contribution in [2.75, 3.05) is 32.8 Å². The molecule has 24 heavy (non-hydrogen) atoms. The summed E-state index contributed by atoms with van der Waals surface area (Å²) >= 11 is 0. The number of rotatable bonds is 5. The molecule has 6 heteroatoms. The van der Waals surface area contributed by atoms with E-state index in [0.29, 0.717) is 32.6 Å². The highest BCUT2D eigenvalue weighted by Gasteiger charge is 2.22. The standard InChI is InChI=1S/C18H23N3O3/c1-2-15-6-3-4-7-16(15)24-14-18(23)21-11-5-10-20(12-13-21)17(22)8-9-19/h3-4,6-7H,2,5,8,10-14H2,1H3. The first kappa shape index (κ1) is 17.8. The Morgan fingerprint density at radius 2 is 1.79 bits per heavy atom. The highest BCUT2D eigenvalue weighted by Crippen LogP contribution is 2.18. The van der Waals surface area contributed by atoms with E-state index in [2.05, 4.69) is 0 Å². The van der Waals surface area contributed by atoms with Gasteiger partial charge in [-0.1, -0.05) is 25.1 Å². The Balaban J connectivity index is 1.87. The van der Waals surface area contributed by atoms with E-state index in [1.54, 1.807) is 9.80 Å². The number of amides is 2. The zero-order chi connectivity index (χ0) is 17.4. The molecule has 1 saturated heterocycles. The first-order valence-electron chi connectivity index (χ1n) is 8.29. The number of benzene rings is 1. The zero-order valence-electron chi connectivity index (χ0n) is 14.0. The molecule has 128 valence electrons. The van der Waals surface area contributed by atoms with Crippen LogP contribution in [0.5, 0.6) is 5.75 Å². The molecule has 1 aliphatic rings. The molecule has 1 fully saturated rings. The van der Waals surface area contributed by atoms with E-state index >= 15 is 0 Å². The maximum absolute atomic E-state index is 12.4. The van der Waals surface area contributed by atoms with Crippen molar-refractivity contribution in [3.8, 4) is 11.8 Å². The molecule has 0 unspecified atom stereocenters. The second-order valence-electron chi connectivity index (χ2n) is 5.70. The predicted octanol–water partition coefficient (Wildman–Crippen LogP) is 1.60. The fourth-order valence-electron chi connectivity index (χ4n) is 2.76. The fourth-order valence-corrected chi connectivity index (χ4v) is 2.76. The van der Waals surface area contributed by atoms with Gasteiger partial charge in [0.15, 0.2) is 6.61 Å². The first-order chi connectivity index (χ1) is 11.7. The second-order valence-corrected chi connectivity index (χ2v) is 5.70. The molecule has 0 bridgehead atoms. The van der Waals surface area contributed by atoms with E-state index in [0.717, 1.165) is 17.7 Å². The molecule has 1 heterocycles. The maximum atomic E-state index is 12.4. The summed E-state index contributed by atoms with van der Waals surface area (Å²) in [6.45, 7) is 4.19. The Kier molecular flexibility index (Phi) is 6.62. The average molecular weight is 329 g/mol. The van der Waals surface area contributed by atoms with Crippen molar-refractivity contribution in [3.63, 3.8) is 0 Å². The van der Waals surface area contributed by atoms with Gasteiger partial charge in [-0.15, -0.1) is 0 Å². The Bertz CT molecular complexity index is 624. The predicted molar refractivity (Wildman–Crippen MR) is 89.3 cm³/mol. The lowest BCUT2D eigenvalue weighted by Gasteiger charge is -2.22. The van der Waals surface area contributed by atoms with Crippen LogP contribution in [0.25, 0.3) is 0 Å². The van der Waals surface area contributed by atoms with Crippen molar-refractivity contribution < 1.29 is 14.3 Å². The number of nitrogens with zero attached hydrogens (tertiary/aromatic N) is 3. The molecule has 0 radical (unpaired) electrons. The molecule has 0 N–H and O–H groups in total. The van der Waals surface area contributed by atoms with E-state index in [9.17, 15) is 9.59 Å². The summed E-state index contributed by atoms with van der Waals surface area (Å²) in [7, 11) is 0. The molecular formula is C18H23N3O3. The topological polar surface area (TPSA) is 73.6 Å². The monoisotopic (exact) mass is 329 g/mol. The van der Waals surface area contributed by atoms with Crippen LogP contribution in [0.15, 0.2) is 24.3 Å². The smallest absolute Gasteiger partial charge is 0.260 e. The number of hydrogen-bond donors (Lipinski definition) is 0. The molecule has 2 rings (SSSR count). The quantitative estimate of drug-likeness (QED) is 0.822. The molecular weight excluding hydrogens is 306 g/mol. The third kappa shape index (κ3) is 4.72. The number of aryl methyl sites for hydroxylation is 1. The van der Waals surface area contributed by atoms with Gasteiger partial charge in [0.1, 0.15) is 12.2 Å². The molecule has 0 spiro atoms. The molecule has 2 amide bonds. The minimum Gasteiger partial charge on any atom is -0.483 e. The molecule has 6 nitrogen and oxygen atoms in total. The average Bonchev–Trinajstić information content (AvgIpc) is 2.86. The van der Waals surface area contributed by atoms with E-state index in [4.69, 9.17) is 10.00 Å². The second kappa shape index (κ2) is 8.92. The van der Waals surface area contributed by atoms with Gasteiger partial charge >= 0.3 is 0 Å². The van der Waals surface area contributed by atoms with Crippen LogP contribution in [0.4, 0.5) is 0 Å². The van der Waals surface area contributed by atoms with Crippen LogP contribution >= 0.6 is 0 Å². The van der Waals surface area contributed by atoms with Gasteiger partial charge in [0.05, 0.1) is 6.07 Å². The van der Waals surface area contributed by atoms with Crippen LogP contribution in [0.2, 0.25) is 0 Å². The summed E-state index contributed by atoms with van der Waals surface area (Å²) in [4.78, 5) is 27.5. The van der Waals surface area contributed by atoms with Gasteiger partial charge < -0.3 is 14.5 Å². The minimum atomic E-state index is -0.167. The first-order valence-corrected chi connectivity index (χ1v) is 8.29. The number of ether oxygens (including phenoxy) is 1. The number of carbonyl (C=O) groups excluding carboxylic acids is 2. The lowest BCUT2D eigenvalue weighted by atomic mass is 10.1. The Morgan fingerprint density at radius 3 is 2.46 bits per heavy atom. The highest BCUT2D eigenvalue weighted by molar-refractivity contribution is 5.79. The van der Waals surface area contributed by atoms with E-state index in [1.165, 1.54) is 0 Å². The third-order valence-electron chi connectivity index (χ3n) is 4.14. The summed E-state index contributed by atoms with van der Waals surface area (Å²) in [5.41, 5.74) is 1.08.